The lowest BCUT2D eigenvalue weighted by atomic mass is 10.3. The number of nitrogen functional groups attached to an aromatic ring is 1. The quantitative estimate of drug-likeness (QED) is 0.669. The number of pyridine rings is 1. The summed E-state index contributed by atoms with van der Waals surface area (Å²) < 4.78 is 1.31. The van der Waals surface area contributed by atoms with Gasteiger partial charge in [0.1, 0.15) is 17.5 Å². The molecule has 0 saturated carbocycles. The summed E-state index contributed by atoms with van der Waals surface area (Å²) in [5.74, 6) is 0.287. The van der Waals surface area contributed by atoms with E-state index in [0.717, 1.165) is 9.71 Å². The van der Waals surface area contributed by atoms with Gasteiger partial charge in [0.25, 0.3) is 0 Å². The summed E-state index contributed by atoms with van der Waals surface area (Å²) in [5, 5.41) is 9.73. The fourth-order valence-electron chi connectivity index (χ4n) is 1.20. The number of nitriles is 1. The van der Waals surface area contributed by atoms with Gasteiger partial charge in [-0.2, -0.15) is 5.26 Å². The minimum atomic E-state index is 0.287. The van der Waals surface area contributed by atoms with Crippen molar-refractivity contribution >= 4 is 39.7 Å². The van der Waals surface area contributed by atoms with Crippen LogP contribution in [0.2, 0.25) is 0 Å². The number of hydrogen-bond donors (Lipinski definition) is 2. The highest BCUT2D eigenvalue weighted by molar-refractivity contribution is 7.72. The fourth-order valence-corrected chi connectivity index (χ4v) is 2.40. The van der Waals surface area contributed by atoms with E-state index in [9.17, 15) is 0 Å². The van der Waals surface area contributed by atoms with Gasteiger partial charge in [-0.05, 0) is 6.92 Å². The van der Waals surface area contributed by atoms with Crippen LogP contribution >= 0.6 is 23.6 Å². The van der Waals surface area contributed by atoms with Gasteiger partial charge in [0.15, 0.2) is 5.65 Å². The van der Waals surface area contributed by atoms with E-state index in [1.807, 2.05) is 13.0 Å². The molecule has 0 bridgehead atoms. The third-order valence-electron chi connectivity index (χ3n) is 1.80. The number of anilines is 1. The number of thiazole rings is 1. The van der Waals surface area contributed by atoms with Crippen molar-refractivity contribution in [3.8, 4) is 6.07 Å². The highest BCUT2D eigenvalue weighted by Crippen LogP contribution is 2.25. The number of aryl methyl sites for hydroxylation is 1. The zero-order valence-corrected chi connectivity index (χ0v) is 8.92. The number of fused-ring (bicyclic) bond motifs is 1. The fraction of sp³-hybridized carbons (Fsp3) is 0.125. The van der Waals surface area contributed by atoms with Crippen molar-refractivity contribution in [2.75, 3.05) is 5.73 Å². The molecular weight excluding hydrogens is 216 g/mol. The molecule has 0 aliphatic heterocycles. The lowest BCUT2D eigenvalue weighted by molar-refractivity contribution is 1.26. The summed E-state index contributed by atoms with van der Waals surface area (Å²) in [6.45, 7) is 1.88. The molecule has 0 fully saturated rings. The van der Waals surface area contributed by atoms with Gasteiger partial charge in [-0.1, -0.05) is 12.2 Å². The number of hydrogen-bond acceptors (Lipinski definition) is 5. The van der Waals surface area contributed by atoms with Crippen molar-refractivity contribution < 1.29 is 0 Å². The number of aromatic nitrogens is 2. The van der Waals surface area contributed by atoms with E-state index >= 15 is 0 Å². The van der Waals surface area contributed by atoms with E-state index in [0.29, 0.717) is 15.7 Å². The maximum atomic E-state index is 8.83. The van der Waals surface area contributed by atoms with Gasteiger partial charge >= 0.3 is 0 Å². The molecule has 0 amide bonds. The summed E-state index contributed by atoms with van der Waals surface area (Å²) in [4.78, 5) is 7.08. The Morgan fingerprint density at radius 2 is 2.36 bits per heavy atom. The Labute approximate surface area is 89.0 Å². The van der Waals surface area contributed by atoms with Gasteiger partial charge in [0, 0.05) is 0 Å². The van der Waals surface area contributed by atoms with Gasteiger partial charge in [-0.3, -0.25) is 0 Å². The first-order valence-electron chi connectivity index (χ1n) is 3.82. The minimum absolute atomic E-state index is 0.287. The second-order valence-corrected chi connectivity index (χ2v) is 4.38. The number of rotatable bonds is 0. The lowest BCUT2D eigenvalue weighted by Gasteiger charge is -1.97. The van der Waals surface area contributed by atoms with Gasteiger partial charge in [-0.25, -0.2) is 4.98 Å². The molecule has 0 aliphatic carbocycles. The molecule has 2 heterocycles. The second kappa shape index (κ2) is 3.04. The van der Waals surface area contributed by atoms with Gasteiger partial charge in [0.05, 0.1) is 14.2 Å². The van der Waals surface area contributed by atoms with E-state index in [-0.39, 0.29) is 5.82 Å². The summed E-state index contributed by atoms with van der Waals surface area (Å²) in [5.41, 5.74) is 6.62. The molecule has 0 saturated heterocycles. The van der Waals surface area contributed by atoms with Crippen molar-refractivity contribution in [2.24, 2.45) is 0 Å². The van der Waals surface area contributed by atoms with Crippen LogP contribution in [-0.2, 0) is 0 Å². The molecule has 0 radical (unpaired) electrons. The molecule has 14 heavy (non-hydrogen) atoms. The Morgan fingerprint density at radius 1 is 1.64 bits per heavy atom. The van der Waals surface area contributed by atoms with E-state index in [4.69, 9.17) is 23.2 Å². The molecule has 2 rings (SSSR count). The second-order valence-electron chi connectivity index (χ2n) is 2.77. The Bertz CT molecular complexity index is 602. The lowest BCUT2D eigenvalue weighted by Crippen LogP contribution is -1.95. The monoisotopic (exact) mass is 222 g/mol. The Morgan fingerprint density at radius 3 is 3.00 bits per heavy atom. The van der Waals surface area contributed by atoms with Crippen molar-refractivity contribution in [1.82, 2.24) is 9.97 Å². The molecule has 2 aromatic rings. The molecule has 6 heteroatoms. The molecular formula is C8H6N4S2. The number of nitrogens with zero attached hydrogens (tertiary/aromatic N) is 2. The predicted octanol–water partition coefficient (Wildman–Crippen LogP) is 2.12. The molecule has 0 aliphatic rings. The van der Waals surface area contributed by atoms with Crippen LogP contribution < -0.4 is 5.73 Å². The van der Waals surface area contributed by atoms with Gasteiger partial charge in [-0.15, -0.1) is 11.3 Å². The van der Waals surface area contributed by atoms with Crippen LogP contribution in [0.3, 0.4) is 0 Å². The minimum Gasteiger partial charge on any atom is -0.384 e. The topological polar surface area (TPSA) is 78.5 Å². The van der Waals surface area contributed by atoms with Crippen LogP contribution in [0.15, 0.2) is 0 Å². The molecule has 0 atom stereocenters. The van der Waals surface area contributed by atoms with Crippen LogP contribution in [0.4, 0.5) is 5.82 Å². The van der Waals surface area contributed by atoms with Crippen LogP contribution in [0.5, 0.6) is 0 Å². The Hall–Kier alpha value is -1.45. The predicted molar refractivity (Wildman–Crippen MR) is 58.7 cm³/mol. The molecule has 70 valence electrons. The average molecular weight is 222 g/mol. The Balaban J connectivity index is 3.01. The summed E-state index contributed by atoms with van der Waals surface area (Å²) in [6, 6.07) is 1.98. The molecule has 0 aromatic carbocycles. The molecule has 0 unspecified atom stereocenters. The molecule has 2 aromatic heterocycles. The van der Waals surface area contributed by atoms with E-state index < -0.39 is 0 Å². The van der Waals surface area contributed by atoms with Crippen molar-refractivity contribution in [3.63, 3.8) is 0 Å². The van der Waals surface area contributed by atoms with Crippen molar-refractivity contribution in [1.29, 1.82) is 5.26 Å². The average Bonchev–Trinajstić information content (AvgIpc) is 2.47. The maximum absolute atomic E-state index is 8.83. The number of aromatic amines is 1. The van der Waals surface area contributed by atoms with Crippen molar-refractivity contribution in [2.45, 2.75) is 6.92 Å². The zero-order chi connectivity index (χ0) is 10.3. The maximum Gasteiger partial charge on any atom is 0.151 e. The molecule has 3 N–H and O–H groups in total. The summed E-state index contributed by atoms with van der Waals surface area (Å²) in [7, 11) is 0. The van der Waals surface area contributed by atoms with E-state index in [2.05, 4.69) is 9.97 Å². The normalized spacial score (nSPS) is 10.3. The highest BCUT2D eigenvalue weighted by Gasteiger charge is 2.09. The van der Waals surface area contributed by atoms with Crippen LogP contribution in [0, 0.1) is 22.8 Å². The Kier molecular flexibility index (Phi) is 1.98. The summed E-state index contributed by atoms with van der Waals surface area (Å²) in [6.07, 6.45) is 0. The van der Waals surface area contributed by atoms with Crippen LogP contribution in [-0.4, -0.2) is 9.97 Å². The first kappa shape index (κ1) is 9.12. The first-order chi connectivity index (χ1) is 6.63. The largest absolute Gasteiger partial charge is 0.384 e. The SMILES string of the molecule is Cc1nc2[nH]c(N)c(C#N)c(=S)c2s1. The third kappa shape index (κ3) is 1.18. The van der Waals surface area contributed by atoms with E-state index in [1.54, 1.807) is 0 Å². The zero-order valence-electron chi connectivity index (χ0n) is 7.29. The smallest absolute Gasteiger partial charge is 0.151 e. The van der Waals surface area contributed by atoms with Crippen molar-refractivity contribution in [3.05, 3.63) is 15.1 Å². The highest BCUT2D eigenvalue weighted by atomic mass is 32.1. The van der Waals surface area contributed by atoms with Gasteiger partial charge in [0.2, 0.25) is 0 Å². The van der Waals surface area contributed by atoms with Gasteiger partial charge < -0.3 is 10.7 Å². The standard InChI is InChI=1S/C8H6N4S2/c1-3-11-8-6(14-3)5(13)4(2-9)7(10)12-8/h1H3,(H3,10,12,13). The molecule has 0 spiro atoms. The molecule has 4 nitrogen and oxygen atoms in total. The number of nitrogens with one attached hydrogen (secondary N) is 1. The van der Waals surface area contributed by atoms with Crippen LogP contribution in [0.1, 0.15) is 10.6 Å². The summed E-state index contributed by atoms with van der Waals surface area (Å²) >= 11 is 6.61. The number of nitrogens with two attached hydrogens (primary N) is 1. The third-order valence-corrected chi connectivity index (χ3v) is 3.33. The number of H-pyrrole nitrogens is 1. The first-order valence-corrected chi connectivity index (χ1v) is 5.05. The van der Waals surface area contributed by atoms with E-state index in [1.165, 1.54) is 11.3 Å². The van der Waals surface area contributed by atoms with Crippen LogP contribution in [0.25, 0.3) is 10.3 Å².